The third-order valence-electron chi connectivity index (χ3n) is 4.99. The molecule has 0 bridgehead atoms. The van der Waals surface area contributed by atoms with E-state index in [0.29, 0.717) is 55.6 Å². The summed E-state index contributed by atoms with van der Waals surface area (Å²) in [4.78, 5) is 17.9. The van der Waals surface area contributed by atoms with E-state index < -0.39 is 0 Å². The second kappa shape index (κ2) is 11.0. The number of rotatable bonds is 7. The van der Waals surface area contributed by atoms with Crippen LogP contribution < -0.4 is 10.3 Å². The topological polar surface area (TPSA) is 56.5 Å². The quantitative estimate of drug-likeness (QED) is 0.199. The van der Waals surface area contributed by atoms with Gasteiger partial charge in [0.25, 0.3) is 5.56 Å². The monoisotopic (exact) mass is 621 g/mol. The van der Waals surface area contributed by atoms with Gasteiger partial charge in [-0.2, -0.15) is 9.78 Å². The van der Waals surface area contributed by atoms with Crippen molar-refractivity contribution in [2.45, 2.75) is 26.4 Å². The average molecular weight is 624 g/mol. The first-order chi connectivity index (χ1) is 16.4. The molecule has 1 aromatic heterocycles. The Labute approximate surface area is 223 Å². The van der Waals surface area contributed by atoms with Crippen molar-refractivity contribution in [1.29, 1.82) is 0 Å². The number of aromatic nitrogens is 2. The third-order valence-corrected chi connectivity index (χ3v) is 6.55. The molecule has 4 aromatic rings. The average Bonchev–Trinajstić information content (AvgIpc) is 2.80. The summed E-state index contributed by atoms with van der Waals surface area (Å²) >= 11 is 19.2. The number of benzene rings is 3. The van der Waals surface area contributed by atoms with Crippen LogP contribution in [0.2, 0.25) is 10.0 Å². The van der Waals surface area contributed by atoms with Crippen molar-refractivity contribution in [2.75, 3.05) is 0 Å². The van der Waals surface area contributed by atoms with Gasteiger partial charge in [0, 0.05) is 26.5 Å². The second-order valence-electron chi connectivity index (χ2n) is 7.52. The first kappa shape index (κ1) is 24.9. The maximum Gasteiger partial charge on any atom is 0.282 e. The predicted molar refractivity (Wildman–Crippen MR) is 146 cm³/mol. The zero-order valence-corrected chi connectivity index (χ0v) is 22.7. The molecule has 0 aliphatic carbocycles. The molecule has 0 amide bonds. The molecule has 0 atom stereocenters. The first-order valence-electron chi connectivity index (χ1n) is 10.5. The predicted octanol–water partition coefficient (Wildman–Crippen LogP) is 7.64. The van der Waals surface area contributed by atoms with Crippen molar-refractivity contribution in [3.05, 3.63) is 101 Å². The maximum atomic E-state index is 13.3. The fourth-order valence-electron chi connectivity index (χ4n) is 3.38. The van der Waals surface area contributed by atoms with Crippen LogP contribution in [0, 0.1) is 0 Å². The summed E-state index contributed by atoms with van der Waals surface area (Å²) in [5, 5.41) is 6.16. The third kappa shape index (κ3) is 5.71. The van der Waals surface area contributed by atoms with Gasteiger partial charge in [0.05, 0.1) is 21.6 Å². The molecule has 0 aliphatic heterocycles. The van der Waals surface area contributed by atoms with Crippen LogP contribution >= 0.6 is 55.1 Å². The van der Waals surface area contributed by atoms with Crippen LogP contribution in [-0.4, -0.2) is 15.9 Å². The standard InChI is InChI=1S/C25H19Br2Cl2N3O2/c1-2-3-23-31-22-9-6-17(26)11-20(22)25(33)32(23)30-13-16-10-19(29)12-21(27)24(16)34-14-15-4-7-18(28)8-5-15/h4-13H,2-3,14H2,1H3. The summed E-state index contributed by atoms with van der Waals surface area (Å²) < 4.78 is 8.90. The zero-order valence-electron chi connectivity index (χ0n) is 18.1. The Morgan fingerprint density at radius 2 is 1.82 bits per heavy atom. The second-order valence-corrected chi connectivity index (χ2v) is 10.2. The Balaban J connectivity index is 1.74. The van der Waals surface area contributed by atoms with Crippen LogP contribution in [0.4, 0.5) is 0 Å². The SMILES string of the molecule is CCCc1nc2ccc(Br)cc2c(=O)n1N=Cc1cc(Cl)cc(Br)c1OCc1ccc(Cl)cc1. The Morgan fingerprint density at radius 3 is 2.56 bits per heavy atom. The molecule has 0 fully saturated rings. The number of hydrogen-bond acceptors (Lipinski definition) is 4. The van der Waals surface area contributed by atoms with Crippen molar-refractivity contribution < 1.29 is 4.74 Å². The Morgan fingerprint density at radius 1 is 1.06 bits per heavy atom. The molecule has 3 aromatic carbocycles. The Bertz CT molecular complexity index is 1440. The molecular weight excluding hydrogens is 605 g/mol. The molecule has 0 N–H and O–H groups in total. The molecule has 0 spiro atoms. The zero-order chi connectivity index (χ0) is 24.2. The van der Waals surface area contributed by atoms with Gasteiger partial charge in [-0.3, -0.25) is 4.79 Å². The van der Waals surface area contributed by atoms with Gasteiger partial charge in [-0.05, 0) is 70.4 Å². The van der Waals surface area contributed by atoms with Crippen molar-refractivity contribution in [1.82, 2.24) is 9.66 Å². The van der Waals surface area contributed by atoms with Crippen LogP contribution in [-0.2, 0) is 13.0 Å². The van der Waals surface area contributed by atoms with Crippen LogP contribution in [0.1, 0.15) is 30.3 Å². The van der Waals surface area contributed by atoms with Crippen LogP contribution in [0.5, 0.6) is 5.75 Å². The number of fused-ring (bicyclic) bond motifs is 1. The van der Waals surface area contributed by atoms with Gasteiger partial charge < -0.3 is 4.74 Å². The van der Waals surface area contributed by atoms with Gasteiger partial charge >= 0.3 is 0 Å². The summed E-state index contributed by atoms with van der Waals surface area (Å²) in [6, 6.07) is 16.4. The lowest BCUT2D eigenvalue weighted by atomic mass is 10.2. The lowest BCUT2D eigenvalue weighted by Gasteiger charge is -2.13. The van der Waals surface area contributed by atoms with Crippen molar-refractivity contribution in [3.63, 3.8) is 0 Å². The summed E-state index contributed by atoms with van der Waals surface area (Å²) in [6.07, 6.45) is 3.00. The molecule has 0 aliphatic rings. The van der Waals surface area contributed by atoms with E-state index in [0.717, 1.165) is 16.5 Å². The summed E-state index contributed by atoms with van der Waals surface area (Å²) in [5.41, 5.74) is 1.98. The minimum absolute atomic E-state index is 0.240. The van der Waals surface area contributed by atoms with Gasteiger partial charge in [-0.1, -0.05) is 58.2 Å². The molecule has 0 saturated carbocycles. The highest BCUT2D eigenvalue weighted by atomic mass is 79.9. The fourth-order valence-corrected chi connectivity index (χ4v) is 4.82. The largest absolute Gasteiger partial charge is 0.487 e. The highest BCUT2D eigenvalue weighted by Gasteiger charge is 2.13. The summed E-state index contributed by atoms with van der Waals surface area (Å²) in [7, 11) is 0. The van der Waals surface area contributed by atoms with E-state index in [9.17, 15) is 4.79 Å². The van der Waals surface area contributed by atoms with Gasteiger partial charge in [-0.15, -0.1) is 0 Å². The van der Waals surface area contributed by atoms with Gasteiger partial charge in [0.15, 0.2) is 0 Å². The van der Waals surface area contributed by atoms with E-state index in [-0.39, 0.29) is 5.56 Å². The highest BCUT2D eigenvalue weighted by molar-refractivity contribution is 9.10. The fraction of sp³-hybridized carbons (Fsp3) is 0.160. The van der Waals surface area contributed by atoms with Gasteiger partial charge in [0.2, 0.25) is 0 Å². The molecule has 0 saturated heterocycles. The van der Waals surface area contributed by atoms with Gasteiger partial charge in [-0.25, -0.2) is 4.98 Å². The minimum atomic E-state index is -0.240. The molecule has 9 heteroatoms. The number of nitrogens with zero attached hydrogens (tertiary/aromatic N) is 3. The molecule has 4 rings (SSSR count). The number of hydrogen-bond donors (Lipinski definition) is 0. The molecule has 1 heterocycles. The Kier molecular flexibility index (Phi) is 8.09. The normalized spacial score (nSPS) is 11.4. The lowest BCUT2D eigenvalue weighted by Crippen LogP contribution is -2.22. The minimum Gasteiger partial charge on any atom is -0.487 e. The van der Waals surface area contributed by atoms with Crippen LogP contribution in [0.15, 0.2) is 73.4 Å². The molecular formula is C25H19Br2Cl2N3O2. The van der Waals surface area contributed by atoms with Crippen molar-refractivity contribution in [3.8, 4) is 5.75 Å². The Hall–Kier alpha value is -2.19. The van der Waals surface area contributed by atoms with E-state index in [4.69, 9.17) is 27.9 Å². The smallest absolute Gasteiger partial charge is 0.282 e. The highest BCUT2D eigenvalue weighted by Crippen LogP contribution is 2.32. The van der Waals surface area contributed by atoms with Crippen molar-refractivity contribution in [2.24, 2.45) is 5.10 Å². The lowest BCUT2D eigenvalue weighted by molar-refractivity contribution is 0.304. The van der Waals surface area contributed by atoms with Crippen molar-refractivity contribution >= 4 is 72.2 Å². The van der Waals surface area contributed by atoms with Crippen LogP contribution in [0.3, 0.4) is 0 Å². The van der Waals surface area contributed by atoms with E-state index >= 15 is 0 Å². The molecule has 0 radical (unpaired) electrons. The maximum absolute atomic E-state index is 13.3. The molecule has 174 valence electrons. The van der Waals surface area contributed by atoms with Gasteiger partial charge in [0.1, 0.15) is 18.2 Å². The summed E-state index contributed by atoms with van der Waals surface area (Å²) in [6.45, 7) is 2.35. The van der Waals surface area contributed by atoms with E-state index in [2.05, 4.69) is 41.9 Å². The van der Waals surface area contributed by atoms with E-state index in [1.54, 1.807) is 24.4 Å². The summed E-state index contributed by atoms with van der Waals surface area (Å²) in [5.74, 6) is 1.15. The molecule has 34 heavy (non-hydrogen) atoms. The number of ether oxygens (including phenoxy) is 1. The first-order valence-corrected chi connectivity index (χ1v) is 12.8. The molecule has 5 nitrogen and oxygen atoms in total. The van der Waals surface area contributed by atoms with Crippen LogP contribution in [0.25, 0.3) is 10.9 Å². The van der Waals surface area contributed by atoms with E-state index in [1.807, 2.05) is 43.3 Å². The number of aryl methyl sites for hydroxylation is 1. The molecule has 0 unspecified atom stereocenters. The van der Waals surface area contributed by atoms with E-state index in [1.165, 1.54) is 4.68 Å². The number of halogens is 4.